The van der Waals surface area contributed by atoms with Crippen LogP contribution in [0.15, 0.2) is 53.4 Å². The Morgan fingerprint density at radius 2 is 1.88 bits per heavy atom. The van der Waals surface area contributed by atoms with Crippen LogP contribution >= 0.6 is 11.8 Å². The first-order chi connectivity index (χ1) is 11.5. The molecule has 2 rings (SSSR count). The standard InChI is InChI=1S/C18H19FN2O2S/c1-12(24-15-6-4-3-5-7-15)11-20-18(23)14-8-9-16(19)17(10-14)21-13(2)22/h3-10,12H,11H2,1-2H3,(H,20,23)(H,21,22)/t12-/m0/s1. The quantitative estimate of drug-likeness (QED) is 0.784. The number of hydrogen-bond donors (Lipinski definition) is 2. The Kier molecular flexibility index (Phi) is 6.37. The van der Waals surface area contributed by atoms with Crippen LogP contribution in [-0.4, -0.2) is 23.6 Å². The van der Waals surface area contributed by atoms with Gasteiger partial charge < -0.3 is 10.6 Å². The van der Waals surface area contributed by atoms with Crippen molar-refractivity contribution in [3.63, 3.8) is 0 Å². The molecule has 0 spiro atoms. The summed E-state index contributed by atoms with van der Waals surface area (Å²) >= 11 is 1.66. The number of carbonyl (C=O) groups is 2. The van der Waals surface area contributed by atoms with E-state index in [1.807, 2.05) is 37.3 Å². The summed E-state index contributed by atoms with van der Waals surface area (Å²) in [5, 5.41) is 5.38. The van der Waals surface area contributed by atoms with Gasteiger partial charge in [0.05, 0.1) is 5.69 Å². The lowest BCUT2D eigenvalue weighted by Crippen LogP contribution is -2.29. The summed E-state index contributed by atoms with van der Waals surface area (Å²) in [7, 11) is 0. The van der Waals surface area contributed by atoms with E-state index < -0.39 is 5.82 Å². The zero-order valence-electron chi connectivity index (χ0n) is 13.5. The van der Waals surface area contributed by atoms with Gasteiger partial charge in [-0.2, -0.15) is 0 Å². The second-order valence-electron chi connectivity index (χ2n) is 5.33. The Hall–Kier alpha value is -2.34. The van der Waals surface area contributed by atoms with Crippen molar-refractivity contribution in [1.82, 2.24) is 5.32 Å². The molecular formula is C18H19FN2O2S. The maximum atomic E-state index is 13.6. The van der Waals surface area contributed by atoms with Crippen molar-refractivity contribution in [1.29, 1.82) is 0 Å². The van der Waals surface area contributed by atoms with Crippen molar-refractivity contribution in [2.45, 2.75) is 24.0 Å². The number of halogens is 1. The van der Waals surface area contributed by atoms with Crippen molar-refractivity contribution in [3.05, 3.63) is 59.9 Å². The summed E-state index contributed by atoms with van der Waals surface area (Å²) in [6, 6.07) is 13.8. The number of anilines is 1. The van der Waals surface area contributed by atoms with E-state index in [-0.39, 0.29) is 22.8 Å². The highest BCUT2D eigenvalue weighted by Gasteiger charge is 2.12. The molecule has 2 aromatic rings. The van der Waals surface area contributed by atoms with E-state index >= 15 is 0 Å². The smallest absolute Gasteiger partial charge is 0.251 e. The topological polar surface area (TPSA) is 58.2 Å². The molecule has 2 amide bonds. The summed E-state index contributed by atoms with van der Waals surface area (Å²) < 4.78 is 13.6. The third-order valence-electron chi connectivity index (χ3n) is 3.17. The van der Waals surface area contributed by atoms with E-state index in [9.17, 15) is 14.0 Å². The van der Waals surface area contributed by atoms with Crippen LogP contribution < -0.4 is 10.6 Å². The number of carbonyl (C=O) groups excluding carboxylic acids is 2. The lowest BCUT2D eigenvalue weighted by Gasteiger charge is -2.13. The molecule has 0 fully saturated rings. The third-order valence-corrected chi connectivity index (χ3v) is 4.28. The number of benzene rings is 2. The average Bonchev–Trinajstić information content (AvgIpc) is 2.55. The van der Waals surface area contributed by atoms with E-state index in [4.69, 9.17) is 0 Å². The van der Waals surface area contributed by atoms with Gasteiger partial charge in [-0.3, -0.25) is 9.59 Å². The number of amides is 2. The molecule has 0 aliphatic heterocycles. The Balaban J connectivity index is 1.93. The van der Waals surface area contributed by atoms with Crippen LogP contribution in [0.1, 0.15) is 24.2 Å². The Labute approximate surface area is 144 Å². The SMILES string of the molecule is CC(=O)Nc1cc(C(=O)NC[C@H](C)Sc2ccccc2)ccc1F. The average molecular weight is 346 g/mol. The first-order valence-electron chi connectivity index (χ1n) is 7.52. The van der Waals surface area contributed by atoms with Crippen LogP contribution in [0.2, 0.25) is 0 Å². The summed E-state index contributed by atoms with van der Waals surface area (Å²) in [6.45, 7) is 3.78. The number of thioether (sulfide) groups is 1. The molecule has 24 heavy (non-hydrogen) atoms. The molecule has 126 valence electrons. The summed E-state index contributed by atoms with van der Waals surface area (Å²) in [5.41, 5.74) is 0.305. The van der Waals surface area contributed by atoms with E-state index in [1.54, 1.807) is 11.8 Å². The third kappa shape index (κ3) is 5.38. The van der Waals surface area contributed by atoms with Crippen LogP contribution in [0.5, 0.6) is 0 Å². The summed E-state index contributed by atoms with van der Waals surface area (Å²) in [5.74, 6) is -1.27. The minimum absolute atomic E-state index is 0.00172. The monoisotopic (exact) mass is 346 g/mol. The van der Waals surface area contributed by atoms with Gasteiger partial charge in [0.25, 0.3) is 5.91 Å². The van der Waals surface area contributed by atoms with Gasteiger partial charge in [0.2, 0.25) is 5.91 Å². The molecular weight excluding hydrogens is 327 g/mol. The second-order valence-corrected chi connectivity index (χ2v) is 6.84. The fourth-order valence-electron chi connectivity index (χ4n) is 2.06. The molecule has 0 radical (unpaired) electrons. The van der Waals surface area contributed by atoms with E-state index in [2.05, 4.69) is 10.6 Å². The molecule has 6 heteroatoms. The van der Waals surface area contributed by atoms with Crippen molar-refractivity contribution in [2.75, 3.05) is 11.9 Å². The van der Waals surface area contributed by atoms with E-state index in [1.165, 1.54) is 25.1 Å². The number of rotatable bonds is 6. The first kappa shape index (κ1) is 18.0. The number of hydrogen-bond acceptors (Lipinski definition) is 3. The molecule has 0 aromatic heterocycles. The van der Waals surface area contributed by atoms with Crippen molar-refractivity contribution >= 4 is 29.3 Å². The second kappa shape index (κ2) is 8.49. The summed E-state index contributed by atoms with van der Waals surface area (Å²) in [4.78, 5) is 24.4. The van der Waals surface area contributed by atoms with Gasteiger partial charge >= 0.3 is 0 Å². The highest BCUT2D eigenvalue weighted by atomic mass is 32.2. The predicted molar refractivity (Wildman–Crippen MR) is 94.8 cm³/mol. The lowest BCUT2D eigenvalue weighted by molar-refractivity contribution is -0.114. The van der Waals surface area contributed by atoms with Gasteiger partial charge in [-0.1, -0.05) is 25.1 Å². The molecule has 2 aromatic carbocycles. The van der Waals surface area contributed by atoms with Gasteiger partial charge in [-0.05, 0) is 30.3 Å². The van der Waals surface area contributed by atoms with Gasteiger partial charge in [0.15, 0.2) is 0 Å². The predicted octanol–water partition coefficient (Wildman–Crippen LogP) is 3.69. The van der Waals surface area contributed by atoms with Crippen LogP contribution in [0.3, 0.4) is 0 Å². The van der Waals surface area contributed by atoms with Gasteiger partial charge in [0.1, 0.15) is 5.82 Å². The first-order valence-corrected chi connectivity index (χ1v) is 8.40. The normalized spacial score (nSPS) is 11.6. The molecule has 4 nitrogen and oxygen atoms in total. The van der Waals surface area contributed by atoms with E-state index in [0.29, 0.717) is 12.1 Å². The highest BCUT2D eigenvalue weighted by molar-refractivity contribution is 8.00. The Morgan fingerprint density at radius 3 is 2.54 bits per heavy atom. The van der Waals surface area contributed by atoms with Crippen LogP contribution in [0.4, 0.5) is 10.1 Å². The molecule has 2 N–H and O–H groups in total. The molecule has 0 saturated heterocycles. The van der Waals surface area contributed by atoms with Crippen molar-refractivity contribution in [3.8, 4) is 0 Å². The van der Waals surface area contributed by atoms with Crippen LogP contribution in [-0.2, 0) is 4.79 Å². The maximum absolute atomic E-state index is 13.6. The fraction of sp³-hybridized carbons (Fsp3) is 0.222. The molecule has 0 heterocycles. The lowest BCUT2D eigenvalue weighted by atomic mass is 10.1. The largest absolute Gasteiger partial charge is 0.351 e. The van der Waals surface area contributed by atoms with Crippen LogP contribution in [0.25, 0.3) is 0 Å². The molecule has 0 unspecified atom stereocenters. The van der Waals surface area contributed by atoms with Crippen LogP contribution in [0, 0.1) is 5.82 Å². The molecule has 0 aliphatic carbocycles. The minimum Gasteiger partial charge on any atom is -0.351 e. The van der Waals surface area contributed by atoms with Crippen molar-refractivity contribution < 1.29 is 14.0 Å². The summed E-state index contributed by atoms with van der Waals surface area (Å²) in [6.07, 6.45) is 0. The zero-order valence-corrected chi connectivity index (χ0v) is 14.3. The highest BCUT2D eigenvalue weighted by Crippen LogP contribution is 2.22. The van der Waals surface area contributed by atoms with Gasteiger partial charge in [-0.15, -0.1) is 11.8 Å². The maximum Gasteiger partial charge on any atom is 0.251 e. The zero-order chi connectivity index (χ0) is 17.5. The van der Waals surface area contributed by atoms with Gasteiger partial charge in [-0.25, -0.2) is 4.39 Å². The van der Waals surface area contributed by atoms with E-state index in [0.717, 1.165) is 4.90 Å². The molecule has 1 atom stereocenters. The molecule has 0 aliphatic rings. The Morgan fingerprint density at radius 1 is 1.17 bits per heavy atom. The Bertz CT molecular complexity index is 722. The van der Waals surface area contributed by atoms with Gasteiger partial charge in [0, 0.05) is 29.2 Å². The fourth-order valence-corrected chi connectivity index (χ4v) is 3.01. The minimum atomic E-state index is -0.574. The molecule has 0 bridgehead atoms. The molecule has 0 saturated carbocycles. The number of nitrogens with one attached hydrogen (secondary N) is 2. The van der Waals surface area contributed by atoms with Crippen molar-refractivity contribution in [2.24, 2.45) is 0 Å².